The summed E-state index contributed by atoms with van der Waals surface area (Å²) in [7, 11) is 1.64. The third-order valence-electron chi connectivity index (χ3n) is 3.12. The van der Waals surface area contributed by atoms with Crippen LogP contribution in [0.1, 0.15) is 45.8 Å². The average molecular weight is 255 g/mol. The molecule has 2 N–H and O–H groups in total. The van der Waals surface area contributed by atoms with E-state index in [4.69, 9.17) is 15.0 Å². The smallest absolute Gasteiger partial charge is 0.227 e. The number of hydrogen-bond acceptors (Lipinski definition) is 5. The van der Waals surface area contributed by atoms with Crippen molar-refractivity contribution in [1.82, 2.24) is 10.1 Å². The zero-order valence-electron chi connectivity index (χ0n) is 12.1. The van der Waals surface area contributed by atoms with Crippen LogP contribution >= 0.6 is 0 Å². The minimum Gasteiger partial charge on any atom is -0.371 e. The van der Waals surface area contributed by atoms with Crippen molar-refractivity contribution < 1.29 is 9.26 Å². The zero-order chi connectivity index (χ0) is 13.8. The van der Waals surface area contributed by atoms with E-state index in [2.05, 4.69) is 24.0 Å². The number of nitrogens with zero attached hydrogens (tertiary/aromatic N) is 2. The van der Waals surface area contributed by atoms with Gasteiger partial charge < -0.3 is 15.0 Å². The maximum Gasteiger partial charge on any atom is 0.227 e. The second-order valence-electron chi connectivity index (χ2n) is 5.66. The number of ether oxygens (including phenoxy) is 1. The Balaban J connectivity index is 2.68. The monoisotopic (exact) mass is 255 g/mol. The van der Waals surface area contributed by atoms with Crippen molar-refractivity contribution in [2.45, 2.75) is 46.1 Å². The second-order valence-corrected chi connectivity index (χ2v) is 5.66. The van der Waals surface area contributed by atoms with Gasteiger partial charge in [-0.05, 0) is 38.6 Å². The molecule has 0 saturated heterocycles. The van der Waals surface area contributed by atoms with Gasteiger partial charge in [0.25, 0.3) is 0 Å². The first-order chi connectivity index (χ1) is 8.39. The highest BCUT2D eigenvalue weighted by molar-refractivity contribution is 4.97. The van der Waals surface area contributed by atoms with Crippen LogP contribution in [-0.4, -0.2) is 23.8 Å². The molecule has 0 fully saturated rings. The van der Waals surface area contributed by atoms with E-state index in [0.29, 0.717) is 30.1 Å². The van der Waals surface area contributed by atoms with Crippen molar-refractivity contribution in [3.8, 4) is 0 Å². The van der Waals surface area contributed by atoms with Crippen molar-refractivity contribution in [2.24, 2.45) is 17.6 Å². The molecule has 1 atom stereocenters. The Labute approximate surface area is 109 Å². The first-order valence-corrected chi connectivity index (χ1v) is 6.47. The largest absolute Gasteiger partial charge is 0.371 e. The Morgan fingerprint density at radius 2 is 2.06 bits per heavy atom. The standard InChI is InChI=1S/C13H25N3O2/c1-9(2)6-10(8-14)7-11-15-12(16-18-11)13(3,4)17-5/h9-10H,6-8,14H2,1-5H3/t10-/m0/s1. The van der Waals surface area contributed by atoms with Gasteiger partial charge in [0.2, 0.25) is 11.7 Å². The van der Waals surface area contributed by atoms with Crippen molar-refractivity contribution in [3.63, 3.8) is 0 Å². The number of aromatic nitrogens is 2. The lowest BCUT2D eigenvalue weighted by Crippen LogP contribution is -2.22. The van der Waals surface area contributed by atoms with Gasteiger partial charge in [0.15, 0.2) is 0 Å². The van der Waals surface area contributed by atoms with E-state index in [1.54, 1.807) is 7.11 Å². The number of hydrogen-bond donors (Lipinski definition) is 1. The molecule has 0 aliphatic rings. The molecule has 1 aromatic heterocycles. The summed E-state index contributed by atoms with van der Waals surface area (Å²) in [6.07, 6.45) is 1.81. The van der Waals surface area contributed by atoms with Gasteiger partial charge in [-0.2, -0.15) is 4.98 Å². The maximum absolute atomic E-state index is 5.77. The van der Waals surface area contributed by atoms with Crippen LogP contribution < -0.4 is 5.73 Å². The van der Waals surface area contributed by atoms with Gasteiger partial charge in [-0.15, -0.1) is 0 Å². The summed E-state index contributed by atoms with van der Waals surface area (Å²) in [6, 6.07) is 0. The van der Waals surface area contributed by atoms with E-state index in [1.807, 2.05) is 13.8 Å². The van der Waals surface area contributed by atoms with Gasteiger partial charge in [-0.3, -0.25) is 0 Å². The van der Waals surface area contributed by atoms with Crippen LogP contribution in [0.2, 0.25) is 0 Å². The molecule has 5 heteroatoms. The van der Waals surface area contributed by atoms with Gasteiger partial charge in [0.1, 0.15) is 5.60 Å². The van der Waals surface area contributed by atoms with Crippen LogP contribution in [0.5, 0.6) is 0 Å². The summed E-state index contributed by atoms with van der Waals surface area (Å²) >= 11 is 0. The summed E-state index contributed by atoms with van der Waals surface area (Å²) in [5.74, 6) is 2.24. The first kappa shape index (κ1) is 15.1. The van der Waals surface area contributed by atoms with Crippen molar-refractivity contribution in [1.29, 1.82) is 0 Å². The molecule has 0 aliphatic heterocycles. The molecule has 0 amide bonds. The molecule has 0 radical (unpaired) electrons. The van der Waals surface area contributed by atoms with Gasteiger partial charge in [-0.1, -0.05) is 19.0 Å². The van der Waals surface area contributed by atoms with Crippen molar-refractivity contribution >= 4 is 0 Å². The molecule has 1 heterocycles. The summed E-state index contributed by atoms with van der Waals surface area (Å²) in [4.78, 5) is 4.39. The highest BCUT2D eigenvalue weighted by Gasteiger charge is 2.26. The fraction of sp³-hybridized carbons (Fsp3) is 0.846. The first-order valence-electron chi connectivity index (χ1n) is 6.47. The molecule has 18 heavy (non-hydrogen) atoms. The lowest BCUT2D eigenvalue weighted by Gasteiger charge is -2.17. The number of nitrogens with two attached hydrogens (primary N) is 1. The third-order valence-corrected chi connectivity index (χ3v) is 3.12. The fourth-order valence-corrected chi connectivity index (χ4v) is 1.85. The molecule has 1 aromatic rings. The molecule has 0 aliphatic carbocycles. The number of rotatable bonds is 7. The van der Waals surface area contributed by atoms with E-state index in [0.717, 1.165) is 12.8 Å². The normalized spacial score (nSPS) is 14.2. The van der Waals surface area contributed by atoms with Gasteiger partial charge in [0, 0.05) is 13.5 Å². The molecule has 104 valence electrons. The second kappa shape index (κ2) is 6.29. The van der Waals surface area contributed by atoms with Crippen LogP contribution in [0.3, 0.4) is 0 Å². The molecule has 1 rings (SSSR count). The topological polar surface area (TPSA) is 74.2 Å². The SMILES string of the molecule is COC(C)(C)c1noc(C[C@@H](CN)CC(C)C)n1. The summed E-state index contributed by atoms with van der Waals surface area (Å²) in [5, 5.41) is 3.97. The molecular weight excluding hydrogens is 230 g/mol. The van der Waals surface area contributed by atoms with E-state index < -0.39 is 5.60 Å². The minimum atomic E-state index is -0.516. The van der Waals surface area contributed by atoms with E-state index in [-0.39, 0.29) is 0 Å². The molecular formula is C13H25N3O2. The Morgan fingerprint density at radius 1 is 1.39 bits per heavy atom. The van der Waals surface area contributed by atoms with Gasteiger partial charge in [-0.25, -0.2) is 0 Å². The minimum absolute atomic E-state index is 0.393. The molecule has 0 saturated carbocycles. The van der Waals surface area contributed by atoms with Crippen LogP contribution in [0.25, 0.3) is 0 Å². The van der Waals surface area contributed by atoms with Crippen molar-refractivity contribution in [3.05, 3.63) is 11.7 Å². The molecule has 0 unspecified atom stereocenters. The van der Waals surface area contributed by atoms with E-state index in [1.165, 1.54) is 0 Å². The quantitative estimate of drug-likeness (QED) is 0.807. The van der Waals surface area contributed by atoms with E-state index >= 15 is 0 Å². The predicted molar refractivity (Wildman–Crippen MR) is 70.0 cm³/mol. The van der Waals surface area contributed by atoms with Crippen molar-refractivity contribution in [2.75, 3.05) is 13.7 Å². The Hall–Kier alpha value is -0.940. The summed E-state index contributed by atoms with van der Waals surface area (Å²) < 4.78 is 10.6. The van der Waals surface area contributed by atoms with Gasteiger partial charge in [0.05, 0.1) is 0 Å². The molecule has 0 aromatic carbocycles. The Bertz CT molecular complexity index is 361. The average Bonchev–Trinajstić information content (AvgIpc) is 2.76. The predicted octanol–water partition coefficient (Wildman–Crippen LogP) is 2.11. The lowest BCUT2D eigenvalue weighted by molar-refractivity contribution is 0.00973. The van der Waals surface area contributed by atoms with E-state index in [9.17, 15) is 0 Å². The van der Waals surface area contributed by atoms with Crippen LogP contribution in [0.15, 0.2) is 4.52 Å². The molecule has 5 nitrogen and oxygen atoms in total. The highest BCUT2D eigenvalue weighted by atomic mass is 16.5. The lowest BCUT2D eigenvalue weighted by atomic mass is 9.94. The van der Waals surface area contributed by atoms with Crippen LogP contribution in [0.4, 0.5) is 0 Å². The maximum atomic E-state index is 5.77. The third kappa shape index (κ3) is 4.07. The number of methoxy groups -OCH3 is 1. The van der Waals surface area contributed by atoms with Crippen LogP contribution in [-0.2, 0) is 16.8 Å². The van der Waals surface area contributed by atoms with Gasteiger partial charge >= 0.3 is 0 Å². The Morgan fingerprint density at radius 3 is 2.56 bits per heavy atom. The Kier molecular flexibility index (Phi) is 5.28. The fourth-order valence-electron chi connectivity index (χ4n) is 1.85. The molecule has 0 bridgehead atoms. The van der Waals surface area contributed by atoms with Crippen LogP contribution in [0, 0.1) is 11.8 Å². The zero-order valence-corrected chi connectivity index (χ0v) is 12.1. The molecule has 0 spiro atoms. The highest BCUT2D eigenvalue weighted by Crippen LogP contribution is 2.22. The summed E-state index contributed by atoms with van der Waals surface area (Å²) in [5.41, 5.74) is 5.26. The summed E-state index contributed by atoms with van der Waals surface area (Å²) in [6.45, 7) is 8.85.